The van der Waals surface area contributed by atoms with Gasteiger partial charge in [0.15, 0.2) is 0 Å². The molecule has 1 amide bonds. The number of hydrogen-bond donors (Lipinski definition) is 1. The number of amides is 1. The number of hydrogen-bond acceptors (Lipinski definition) is 4. The number of nitrogens with zero attached hydrogens (tertiary/aromatic N) is 3. The summed E-state index contributed by atoms with van der Waals surface area (Å²) >= 11 is 0. The minimum atomic E-state index is 0.0481. The van der Waals surface area contributed by atoms with Crippen LogP contribution in [-0.2, 0) is 0 Å². The molecule has 2 heterocycles. The summed E-state index contributed by atoms with van der Waals surface area (Å²) < 4.78 is 0. The number of carbonyl (C=O) groups is 1. The first-order chi connectivity index (χ1) is 12.3. The summed E-state index contributed by atoms with van der Waals surface area (Å²) in [6, 6.07) is 2.16. The number of allylic oxidation sites excluding steroid dienone is 1. The number of anilines is 1. The van der Waals surface area contributed by atoms with Crippen LogP contribution in [0.15, 0.2) is 24.0 Å². The molecular weight excluding hydrogens is 312 g/mol. The Hall–Kier alpha value is -1.91. The molecule has 1 N–H and O–H groups in total. The lowest BCUT2D eigenvalue weighted by molar-refractivity contribution is 0.0602. The maximum atomic E-state index is 12.8. The van der Waals surface area contributed by atoms with Gasteiger partial charge in [0.05, 0.1) is 0 Å². The Balaban J connectivity index is 1.58. The van der Waals surface area contributed by atoms with Gasteiger partial charge in [-0.25, -0.2) is 9.97 Å². The number of nitrogens with one attached hydrogen (secondary N) is 1. The van der Waals surface area contributed by atoms with Gasteiger partial charge < -0.3 is 10.2 Å². The minimum Gasteiger partial charge on any atom is -0.370 e. The van der Waals surface area contributed by atoms with Crippen molar-refractivity contribution in [2.75, 3.05) is 18.4 Å². The van der Waals surface area contributed by atoms with Gasteiger partial charge in [-0.05, 0) is 57.8 Å². The molecule has 0 saturated carbocycles. The van der Waals surface area contributed by atoms with Crippen molar-refractivity contribution in [3.05, 3.63) is 29.7 Å². The zero-order chi connectivity index (χ0) is 17.5. The van der Waals surface area contributed by atoms with Crippen molar-refractivity contribution in [3.63, 3.8) is 0 Å². The molecule has 0 radical (unpaired) electrons. The van der Waals surface area contributed by atoms with Crippen LogP contribution >= 0.6 is 0 Å². The van der Waals surface area contributed by atoms with E-state index in [0.717, 1.165) is 44.6 Å². The van der Waals surface area contributed by atoms with Crippen LogP contribution in [0.3, 0.4) is 0 Å². The summed E-state index contributed by atoms with van der Waals surface area (Å²) in [5.41, 5.74) is 2.05. The van der Waals surface area contributed by atoms with Crippen LogP contribution in [0.2, 0.25) is 0 Å². The molecule has 5 nitrogen and oxygen atoms in total. The molecule has 1 aliphatic carbocycles. The Morgan fingerprint density at radius 1 is 1.28 bits per heavy atom. The molecule has 1 aliphatic heterocycles. The van der Waals surface area contributed by atoms with E-state index in [1.165, 1.54) is 38.4 Å². The standard InChI is InChI=1S/C20H30N4O/c1-2-17-10-6-7-13-24(17)20(25)18-14-19(23-15-22-18)21-12-11-16-8-4-3-5-9-16/h8,14-15,17H,2-7,9-13H2,1H3,(H,21,22,23). The van der Waals surface area contributed by atoms with Crippen molar-refractivity contribution >= 4 is 11.7 Å². The van der Waals surface area contributed by atoms with Crippen molar-refractivity contribution < 1.29 is 4.79 Å². The van der Waals surface area contributed by atoms with Crippen LogP contribution in [0.5, 0.6) is 0 Å². The average Bonchev–Trinajstić information content (AvgIpc) is 2.68. The van der Waals surface area contributed by atoms with E-state index >= 15 is 0 Å². The van der Waals surface area contributed by atoms with Gasteiger partial charge in [-0.2, -0.15) is 0 Å². The van der Waals surface area contributed by atoms with Gasteiger partial charge in [0.1, 0.15) is 17.8 Å². The number of piperidine rings is 1. The number of carbonyl (C=O) groups excluding carboxylic acids is 1. The molecule has 1 aromatic heterocycles. The second-order valence-electron chi connectivity index (χ2n) is 7.13. The highest BCUT2D eigenvalue weighted by Gasteiger charge is 2.27. The van der Waals surface area contributed by atoms with Gasteiger partial charge in [-0.15, -0.1) is 0 Å². The molecule has 2 aliphatic rings. The van der Waals surface area contributed by atoms with Crippen molar-refractivity contribution in [2.45, 2.75) is 70.8 Å². The molecule has 1 saturated heterocycles. The number of aromatic nitrogens is 2. The van der Waals surface area contributed by atoms with E-state index in [1.807, 2.05) is 4.90 Å². The highest BCUT2D eigenvalue weighted by Crippen LogP contribution is 2.22. The molecule has 0 spiro atoms. The largest absolute Gasteiger partial charge is 0.370 e. The molecule has 136 valence electrons. The third-order valence-electron chi connectivity index (χ3n) is 5.38. The van der Waals surface area contributed by atoms with Gasteiger partial charge in [0.25, 0.3) is 5.91 Å². The molecule has 1 fully saturated rings. The molecule has 3 rings (SSSR count). The monoisotopic (exact) mass is 342 g/mol. The fraction of sp³-hybridized carbons (Fsp3) is 0.650. The van der Waals surface area contributed by atoms with Crippen LogP contribution in [-0.4, -0.2) is 39.9 Å². The first-order valence-corrected chi connectivity index (χ1v) is 9.82. The van der Waals surface area contributed by atoms with E-state index in [2.05, 4.69) is 28.3 Å². The van der Waals surface area contributed by atoms with Crippen LogP contribution in [0, 0.1) is 0 Å². The van der Waals surface area contributed by atoms with E-state index in [9.17, 15) is 4.79 Å². The highest BCUT2D eigenvalue weighted by molar-refractivity contribution is 5.93. The van der Waals surface area contributed by atoms with E-state index in [1.54, 1.807) is 11.6 Å². The van der Waals surface area contributed by atoms with E-state index in [4.69, 9.17) is 0 Å². The first-order valence-electron chi connectivity index (χ1n) is 9.82. The third kappa shape index (κ3) is 4.80. The Bertz CT molecular complexity index is 613. The zero-order valence-electron chi connectivity index (χ0n) is 15.3. The van der Waals surface area contributed by atoms with Gasteiger partial charge >= 0.3 is 0 Å². The summed E-state index contributed by atoms with van der Waals surface area (Å²) in [7, 11) is 0. The second kappa shape index (κ2) is 8.97. The van der Waals surface area contributed by atoms with Crippen molar-refractivity contribution in [2.24, 2.45) is 0 Å². The van der Waals surface area contributed by atoms with Crippen molar-refractivity contribution in [1.29, 1.82) is 0 Å². The highest BCUT2D eigenvalue weighted by atomic mass is 16.2. The molecule has 0 aromatic carbocycles. The summed E-state index contributed by atoms with van der Waals surface area (Å²) in [6.07, 6.45) is 14.4. The SMILES string of the molecule is CCC1CCCCN1C(=O)c1cc(NCCC2=CCCCC2)ncn1. The molecule has 0 bridgehead atoms. The van der Waals surface area contributed by atoms with Crippen LogP contribution in [0.1, 0.15) is 75.2 Å². The fourth-order valence-electron chi connectivity index (χ4n) is 3.89. The predicted molar refractivity (Wildman–Crippen MR) is 101 cm³/mol. The van der Waals surface area contributed by atoms with Gasteiger partial charge in [0, 0.05) is 25.2 Å². The number of likely N-dealkylation sites (tertiary alicyclic amines) is 1. The Morgan fingerprint density at radius 3 is 3.00 bits per heavy atom. The fourth-order valence-corrected chi connectivity index (χ4v) is 3.89. The Labute approximate surface area is 150 Å². The summed E-state index contributed by atoms with van der Waals surface area (Å²) in [5.74, 6) is 0.798. The van der Waals surface area contributed by atoms with Gasteiger partial charge in [-0.3, -0.25) is 4.79 Å². The van der Waals surface area contributed by atoms with E-state index < -0.39 is 0 Å². The molecule has 5 heteroatoms. The zero-order valence-corrected chi connectivity index (χ0v) is 15.3. The maximum Gasteiger partial charge on any atom is 0.272 e. The summed E-state index contributed by atoms with van der Waals surface area (Å²) in [4.78, 5) is 23.3. The van der Waals surface area contributed by atoms with Crippen molar-refractivity contribution in [1.82, 2.24) is 14.9 Å². The summed E-state index contributed by atoms with van der Waals surface area (Å²) in [5, 5.41) is 3.35. The Kier molecular flexibility index (Phi) is 6.42. The normalized spacial score (nSPS) is 20.9. The van der Waals surface area contributed by atoms with Crippen LogP contribution in [0.25, 0.3) is 0 Å². The van der Waals surface area contributed by atoms with E-state index in [-0.39, 0.29) is 5.91 Å². The molecular formula is C20H30N4O. The van der Waals surface area contributed by atoms with Gasteiger partial charge in [0.2, 0.25) is 0 Å². The Morgan fingerprint density at radius 2 is 2.20 bits per heavy atom. The lowest BCUT2D eigenvalue weighted by Crippen LogP contribution is -2.43. The number of rotatable bonds is 6. The average molecular weight is 342 g/mol. The predicted octanol–water partition coefficient (Wildman–Crippen LogP) is 4.18. The smallest absolute Gasteiger partial charge is 0.272 e. The second-order valence-corrected chi connectivity index (χ2v) is 7.13. The van der Waals surface area contributed by atoms with Crippen LogP contribution in [0.4, 0.5) is 5.82 Å². The van der Waals surface area contributed by atoms with E-state index in [0.29, 0.717) is 11.7 Å². The van der Waals surface area contributed by atoms with Gasteiger partial charge in [-0.1, -0.05) is 18.6 Å². The minimum absolute atomic E-state index is 0.0481. The summed E-state index contributed by atoms with van der Waals surface area (Å²) in [6.45, 7) is 3.86. The lowest BCUT2D eigenvalue weighted by Gasteiger charge is -2.35. The van der Waals surface area contributed by atoms with Crippen LogP contribution < -0.4 is 5.32 Å². The first kappa shape index (κ1) is 17.9. The molecule has 1 unspecified atom stereocenters. The van der Waals surface area contributed by atoms with Crippen molar-refractivity contribution in [3.8, 4) is 0 Å². The maximum absolute atomic E-state index is 12.8. The molecule has 1 atom stereocenters. The lowest BCUT2D eigenvalue weighted by atomic mass is 9.97. The topological polar surface area (TPSA) is 58.1 Å². The third-order valence-corrected chi connectivity index (χ3v) is 5.38. The quantitative estimate of drug-likeness (QED) is 0.788. The molecule has 1 aromatic rings. The molecule has 25 heavy (non-hydrogen) atoms.